The summed E-state index contributed by atoms with van der Waals surface area (Å²) in [6.45, 7) is 0.917. The molecule has 0 aliphatic heterocycles. The number of hydrogen-bond donors (Lipinski definition) is 6. The summed E-state index contributed by atoms with van der Waals surface area (Å²) in [4.78, 5) is 13.2. The molecule has 0 unspecified atom stereocenters. The number of pyridine rings is 3. The molecule has 70 heavy (non-hydrogen) atoms. The SMILES string of the molecule is Brc1ccc2cnc(CCC3CC3)cc2c1.Clc1cc2cc(Br)ccc2cn1.N=C(N)c1ccc(N)cc1.N=C(N)c1ccc(N=Nc2c(CCC3CC3)ncc3ccc(Br)cc23)cc1.NCC1CC1. The topological polar surface area (TPSA) is 215 Å². The third kappa shape index (κ3) is 16.8. The van der Waals surface area contributed by atoms with E-state index in [4.69, 9.17) is 45.4 Å². The lowest BCUT2D eigenvalue weighted by Gasteiger charge is -2.08. The fourth-order valence-electron chi connectivity index (χ4n) is 7.22. The molecule has 0 radical (unpaired) electrons. The number of nitrogens with two attached hydrogens (primary N) is 4. The van der Waals surface area contributed by atoms with Crippen molar-refractivity contribution in [3.63, 3.8) is 0 Å². The Hall–Kier alpha value is -5.64. The van der Waals surface area contributed by atoms with E-state index >= 15 is 0 Å². The van der Waals surface area contributed by atoms with Crippen LogP contribution < -0.4 is 22.9 Å². The number of aryl methyl sites for hydroxylation is 2. The Kier molecular flexibility index (Phi) is 19.0. The van der Waals surface area contributed by atoms with Crippen molar-refractivity contribution < 1.29 is 0 Å². The van der Waals surface area contributed by atoms with Gasteiger partial charge in [-0.3, -0.25) is 20.8 Å². The molecule has 5 aromatic carbocycles. The maximum atomic E-state index is 7.48. The Balaban J connectivity index is 0.000000142. The second-order valence-electron chi connectivity index (χ2n) is 17.8. The van der Waals surface area contributed by atoms with E-state index in [1.165, 1.54) is 61.4 Å². The van der Waals surface area contributed by atoms with E-state index < -0.39 is 0 Å². The highest BCUT2D eigenvalue weighted by Gasteiger charge is 2.22. The van der Waals surface area contributed by atoms with Crippen LogP contribution in [-0.2, 0) is 12.8 Å². The summed E-state index contributed by atoms with van der Waals surface area (Å²) in [6.07, 6.45) is 18.5. The minimum Gasteiger partial charge on any atom is -0.399 e. The van der Waals surface area contributed by atoms with Gasteiger partial charge in [-0.05, 0) is 171 Å². The summed E-state index contributed by atoms with van der Waals surface area (Å²) in [5.41, 5.74) is 27.2. The Morgan fingerprint density at radius 1 is 0.557 bits per heavy atom. The number of rotatable bonds is 11. The minimum absolute atomic E-state index is 0.0453. The molecule has 11 nitrogen and oxygen atoms in total. The zero-order valence-electron chi connectivity index (χ0n) is 38.8. The number of hydrogen-bond acceptors (Lipinski definition) is 9. The monoisotopic (exact) mass is 1140 g/mol. The second-order valence-corrected chi connectivity index (χ2v) is 20.9. The van der Waals surface area contributed by atoms with Gasteiger partial charge in [0.1, 0.15) is 22.5 Å². The largest absolute Gasteiger partial charge is 0.399 e. The molecule has 360 valence electrons. The number of azo groups is 1. The summed E-state index contributed by atoms with van der Waals surface area (Å²) in [7, 11) is 0. The van der Waals surface area contributed by atoms with Gasteiger partial charge < -0.3 is 22.9 Å². The van der Waals surface area contributed by atoms with Gasteiger partial charge in [-0.25, -0.2) is 4.98 Å². The molecular weight excluding hydrogens is 1090 g/mol. The highest BCUT2D eigenvalue weighted by molar-refractivity contribution is 9.11. The van der Waals surface area contributed by atoms with E-state index in [0.29, 0.717) is 22.0 Å². The molecule has 3 saturated carbocycles. The zero-order chi connectivity index (χ0) is 49.6. The molecule has 0 saturated heterocycles. The number of nitrogen functional groups attached to an aromatic ring is 3. The van der Waals surface area contributed by atoms with Crippen LogP contribution in [0.3, 0.4) is 0 Å². The summed E-state index contributed by atoms with van der Waals surface area (Å²) >= 11 is 16.2. The summed E-state index contributed by atoms with van der Waals surface area (Å²) in [6, 6.07) is 36.6. The average molecular weight is 1150 g/mol. The smallest absolute Gasteiger partial charge is 0.129 e. The summed E-state index contributed by atoms with van der Waals surface area (Å²) in [5, 5.41) is 30.9. The van der Waals surface area contributed by atoms with E-state index in [2.05, 4.69) is 103 Å². The Labute approximate surface area is 439 Å². The van der Waals surface area contributed by atoms with Crippen molar-refractivity contribution in [2.24, 2.45) is 45.2 Å². The van der Waals surface area contributed by atoms with Crippen molar-refractivity contribution in [2.45, 2.75) is 64.2 Å². The maximum absolute atomic E-state index is 7.48. The molecule has 0 amide bonds. The van der Waals surface area contributed by atoms with Crippen molar-refractivity contribution in [3.8, 4) is 0 Å². The molecule has 3 fully saturated rings. The van der Waals surface area contributed by atoms with Crippen molar-refractivity contribution >= 4 is 120 Å². The number of aromatic nitrogens is 3. The fourth-order valence-corrected chi connectivity index (χ4v) is 8.51. The van der Waals surface area contributed by atoms with Crippen LogP contribution in [0.25, 0.3) is 32.3 Å². The number of nitrogens with zero attached hydrogens (tertiary/aromatic N) is 5. The van der Waals surface area contributed by atoms with Crippen LogP contribution in [0.2, 0.25) is 5.15 Å². The molecule has 0 atom stereocenters. The van der Waals surface area contributed by atoms with Crippen LogP contribution in [0.5, 0.6) is 0 Å². The zero-order valence-corrected chi connectivity index (χ0v) is 44.3. The molecule has 0 bridgehead atoms. The van der Waals surface area contributed by atoms with Gasteiger partial charge in [0.2, 0.25) is 0 Å². The number of fused-ring (bicyclic) bond motifs is 3. The van der Waals surface area contributed by atoms with Gasteiger partial charge in [-0.15, -0.1) is 5.11 Å². The molecule has 3 aromatic heterocycles. The van der Waals surface area contributed by atoms with E-state index in [0.717, 1.165) is 95.6 Å². The number of nitrogens with one attached hydrogen (secondary N) is 2. The van der Waals surface area contributed by atoms with Gasteiger partial charge in [0.05, 0.1) is 11.4 Å². The average Bonchev–Trinajstić information content (AvgIpc) is 4.19. The Morgan fingerprint density at radius 3 is 1.60 bits per heavy atom. The van der Waals surface area contributed by atoms with Gasteiger partial charge in [0, 0.05) is 76.1 Å². The van der Waals surface area contributed by atoms with E-state index in [1.807, 2.05) is 60.9 Å². The lowest BCUT2D eigenvalue weighted by molar-refractivity contribution is 0.715. The molecule has 3 heterocycles. The van der Waals surface area contributed by atoms with Crippen molar-refractivity contribution in [1.29, 1.82) is 10.8 Å². The van der Waals surface area contributed by atoms with E-state index in [9.17, 15) is 0 Å². The highest BCUT2D eigenvalue weighted by Crippen LogP contribution is 2.38. The summed E-state index contributed by atoms with van der Waals surface area (Å²) < 4.78 is 3.20. The van der Waals surface area contributed by atoms with Crippen molar-refractivity contribution in [1.82, 2.24) is 15.0 Å². The quantitative estimate of drug-likeness (QED) is 0.0242. The molecule has 3 aliphatic rings. The third-order valence-electron chi connectivity index (χ3n) is 12.0. The van der Waals surface area contributed by atoms with Gasteiger partial charge in [-0.2, -0.15) is 5.11 Å². The molecule has 15 heteroatoms. The van der Waals surface area contributed by atoms with Crippen molar-refractivity contribution in [3.05, 3.63) is 175 Å². The van der Waals surface area contributed by atoms with Crippen LogP contribution >= 0.6 is 59.4 Å². The van der Waals surface area contributed by atoms with Gasteiger partial charge in [0.25, 0.3) is 0 Å². The first-order valence-electron chi connectivity index (χ1n) is 23.4. The molecule has 10 N–H and O–H groups in total. The first-order chi connectivity index (χ1) is 33.8. The number of amidine groups is 2. The number of anilines is 1. The van der Waals surface area contributed by atoms with Crippen LogP contribution in [0, 0.1) is 28.6 Å². The van der Waals surface area contributed by atoms with Gasteiger partial charge in [0.15, 0.2) is 0 Å². The molecule has 0 spiro atoms. The van der Waals surface area contributed by atoms with Gasteiger partial charge in [-0.1, -0.05) is 103 Å². The predicted molar refractivity (Wildman–Crippen MR) is 301 cm³/mol. The Bertz CT molecular complexity index is 3050. The van der Waals surface area contributed by atoms with Crippen LogP contribution in [-0.4, -0.2) is 33.2 Å². The Morgan fingerprint density at radius 2 is 1.06 bits per heavy atom. The fraction of sp³-hybridized carbons (Fsp3) is 0.255. The molecule has 3 aliphatic carbocycles. The lowest BCUT2D eigenvalue weighted by Crippen LogP contribution is -2.10. The predicted octanol–water partition coefficient (Wildman–Crippen LogP) is 14.9. The van der Waals surface area contributed by atoms with Crippen LogP contribution in [0.1, 0.15) is 73.9 Å². The summed E-state index contributed by atoms with van der Waals surface area (Å²) in [5.74, 6) is 2.85. The highest BCUT2D eigenvalue weighted by atomic mass is 79.9. The van der Waals surface area contributed by atoms with E-state index in [1.54, 1.807) is 42.6 Å². The number of halogens is 4. The normalized spacial score (nSPS) is 13.8. The first-order valence-corrected chi connectivity index (χ1v) is 26.1. The molecular formula is C55H57Br3ClN11. The first kappa shape index (κ1) is 52.2. The molecule has 8 aromatic rings. The lowest BCUT2D eigenvalue weighted by atomic mass is 10.1. The van der Waals surface area contributed by atoms with Crippen molar-refractivity contribution in [2.75, 3.05) is 12.3 Å². The van der Waals surface area contributed by atoms with Gasteiger partial charge >= 0.3 is 0 Å². The van der Waals surface area contributed by atoms with Crippen LogP contribution in [0.4, 0.5) is 17.1 Å². The van der Waals surface area contributed by atoms with Crippen LogP contribution in [0.15, 0.2) is 157 Å². The molecule has 11 rings (SSSR count). The maximum Gasteiger partial charge on any atom is 0.129 e. The number of benzene rings is 5. The van der Waals surface area contributed by atoms with E-state index in [-0.39, 0.29) is 11.7 Å². The second kappa shape index (κ2) is 25.5. The minimum atomic E-state index is 0.0453. The standard InChI is InChI=1S/C21H20BrN5.C14H14BrN.C9H5BrClN.C7H9N3.C4H9N/c22-16-7-4-15-12-25-19(10-3-13-1-2-13)20(18(15)11-16)27-26-17-8-5-14(6-9-17)21(23)24;15-13-5-4-11-9-16-14(8-12(11)7-13)6-3-10-1-2-10;10-8-2-1-6-5-12-9(11)4-7(6)3-8;8-6-3-1-5(2-4-6)7(9)10;5-3-4-1-2-4/h4-9,11-13H,1-3,10H2,(H3,23,24);4-5,7-10H,1-3,6H2;1-5H;1-4H,8H2,(H3,9,10);4H,1-3,5H2. The third-order valence-corrected chi connectivity index (χ3v) is 13.7.